The number of guanidine groups is 1. The second-order valence-corrected chi connectivity index (χ2v) is 8.84. The number of furan rings is 1. The fourth-order valence-electron chi connectivity index (χ4n) is 4.74. The van der Waals surface area contributed by atoms with Crippen LogP contribution >= 0.6 is 24.0 Å². The van der Waals surface area contributed by atoms with E-state index in [0.717, 1.165) is 96.4 Å². The van der Waals surface area contributed by atoms with Crippen LogP contribution in [0.25, 0.3) is 0 Å². The molecule has 32 heavy (non-hydrogen) atoms. The zero-order valence-corrected chi connectivity index (χ0v) is 21.3. The highest BCUT2D eigenvalue weighted by Crippen LogP contribution is 2.27. The standard InChI is InChI=1S/C23H37N5O3.HI/c29-22(19-4-1-2-5-19)28-11-8-20(18-28)26-23(24-9-7-21-6-3-15-31-21)25-10-12-27-13-16-30-17-14-27;/h3,6,15,19-20H,1-2,4-5,7-14,16-18H2,(H2,24,25,26);1H. The number of carbonyl (C=O) groups excluding carboxylic acids is 1. The Morgan fingerprint density at radius 1 is 1.16 bits per heavy atom. The van der Waals surface area contributed by atoms with Crippen LogP contribution in [0.2, 0.25) is 0 Å². The average Bonchev–Trinajstić information content (AvgIpc) is 3.57. The molecule has 180 valence electrons. The third kappa shape index (κ3) is 7.62. The molecule has 2 saturated heterocycles. The first kappa shape index (κ1) is 25.3. The van der Waals surface area contributed by atoms with E-state index in [1.54, 1.807) is 6.26 Å². The minimum absolute atomic E-state index is 0. The molecule has 1 aromatic rings. The third-order valence-electron chi connectivity index (χ3n) is 6.58. The normalized spacial score (nSPS) is 22.7. The monoisotopic (exact) mass is 559 g/mol. The molecule has 2 aliphatic heterocycles. The molecule has 8 nitrogen and oxygen atoms in total. The van der Waals surface area contributed by atoms with Crippen LogP contribution in [0, 0.1) is 5.92 Å². The Bertz CT molecular complexity index is 702. The lowest BCUT2D eigenvalue weighted by Crippen LogP contribution is -2.46. The van der Waals surface area contributed by atoms with Gasteiger partial charge in [-0.3, -0.25) is 14.7 Å². The van der Waals surface area contributed by atoms with Gasteiger partial charge in [-0.1, -0.05) is 12.8 Å². The van der Waals surface area contributed by atoms with Gasteiger partial charge in [0.1, 0.15) is 5.76 Å². The smallest absolute Gasteiger partial charge is 0.225 e. The van der Waals surface area contributed by atoms with Crippen molar-refractivity contribution in [1.82, 2.24) is 20.4 Å². The lowest BCUT2D eigenvalue weighted by Gasteiger charge is -2.26. The number of aliphatic imine (C=N–C) groups is 1. The fourth-order valence-corrected chi connectivity index (χ4v) is 4.74. The number of morpholine rings is 1. The summed E-state index contributed by atoms with van der Waals surface area (Å²) >= 11 is 0. The maximum absolute atomic E-state index is 12.8. The lowest BCUT2D eigenvalue weighted by molar-refractivity contribution is -0.134. The average molecular weight is 559 g/mol. The molecule has 0 radical (unpaired) electrons. The maximum Gasteiger partial charge on any atom is 0.225 e. The van der Waals surface area contributed by atoms with Crippen LogP contribution in [-0.2, 0) is 16.0 Å². The molecule has 0 bridgehead atoms. The number of hydrogen-bond acceptors (Lipinski definition) is 5. The van der Waals surface area contributed by atoms with Crippen LogP contribution in [0.15, 0.2) is 27.8 Å². The van der Waals surface area contributed by atoms with Crippen molar-refractivity contribution in [2.24, 2.45) is 10.9 Å². The number of rotatable bonds is 8. The summed E-state index contributed by atoms with van der Waals surface area (Å²) in [6.07, 6.45) is 8.03. The highest BCUT2D eigenvalue weighted by Gasteiger charge is 2.32. The Morgan fingerprint density at radius 3 is 2.72 bits per heavy atom. The predicted molar refractivity (Wildman–Crippen MR) is 135 cm³/mol. The number of carbonyl (C=O) groups is 1. The molecule has 2 N–H and O–H groups in total. The number of hydrogen-bond donors (Lipinski definition) is 2. The molecular weight excluding hydrogens is 521 g/mol. The third-order valence-corrected chi connectivity index (χ3v) is 6.58. The van der Waals surface area contributed by atoms with Gasteiger partial charge in [0.25, 0.3) is 0 Å². The minimum atomic E-state index is 0. The second kappa shape index (κ2) is 13.4. The van der Waals surface area contributed by atoms with Crippen molar-refractivity contribution in [2.45, 2.75) is 44.6 Å². The maximum atomic E-state index is 12.8. The zero-order chi connectivity index (χ0) is 21.3. The Morgan fingerprint density at radius 2 is 1.97 bits per heavy atom. The summed E-state index contributed by atoms with van der Waals surface area (Å²) in [7, 11) is 0. The molecule has 3 fully saturated rings. The summed E-state index contributed by atoms with van der Waals surface area (Å²) in [6, 6.07) is 4.16. The van der Waals surface area contributed by atoms with Gasteiger partial charge in [0.05, 0.1) is 26.0 Å². The predicted octanol–water partition coefficient (Wildman–Crippen LogP) is 2.10. The van der Waals surface area contributed by atoms with Crippen LogP contribution in [-0.4, -0.2) is 86.7 Å². The van der Waals surface area contributed by atoms with E-state index in [4.69, 9.17) is 14.1 Å². The van der Waals surface area contributed by atoms with Crippen molar-refractivity contribution in [3.8, 4) is 0 Å². The van der Waals surface area contributed by atoms with Gasteiger partial charge >= 0.3 is 0 Å². The molecule has 1 saturated carbocycles. The van der Waals surface area contributed by atoms with E-state index in [2.05, 4.69) is 20.4 Å². The molecule has 3 heterocycles. The van der Waals surface area contributed by atoms with Gasteiger partial charge in [0, 0.05) is 57.6 Å². The Balaban J connectivity index is 0.00000289. The number of likely N-dealkylation sites (tertiary alicyclic amines) is 1. The summed E-state index contributed by atoms with van der Waals surface area (Å²) in [6.45, 7) is 7.63. The Hall–Kier alpha value is -1.33. The van der Waals surface area contributed by atoms with Gasteiger partial charge in [-0.25, -0.2) is 0 Å². The molecule has 4 rings (SSSR count). The number of ether oxygens (including phenoxy) is 1. The molecular formula is C23H38IN5O3. The van der Waals surface area contributed by atoms with Crippen LogP contribution in [0.1, 0.15) is 37.9 Å². The Kier molecular flexibility index (Phi) is 10.6. The van der Waals surface area contributed by atoms with Crippen LogP contribution in [0.3, 0.4) is 0 Å². The molecule has 9 heteroatoms. The summed E-state index contributed by atoms with van der Waals surface area (Å²) in [5.74, 6) is 2.42. The van der Waals surface area contributed by atoms with Crippen LogP contribution in [0.5, 0.6) is 0 Å². The molecule has 0 aromatic carbocycles. The first-order valence-electron chi connectivity index (χ1n) is 11.9. The Labute approximate surface area is 208 Å². The number of nitrogens with one attached hydrogen (secondary N) is 2. The fraction of sp³-hybridized carbons (Fsp3) is 0.739. The van der Waals surface area contributed by atoms with Gasteiger partial charge in [-0.15, -0.1) is 24.0 Å². The summed E-state index contributed by atoms with van der Waals surface area (Å²) in [4.78, 5) is 22.0. The van der Waals surface area contributed by atoms with E-state index in [0.29, 0.717) is 5.91 Å². The van der Waals surface area contributed by atoms with E-state index >= 15 is 0 Å². The van der Waals surface area contributed by atoms with Crippen LogP contribution in [0.4, 0.5) is 0 Å². The molecule has 1 aromatic heterocycles. The highest BCUT2D eigenvalue weighted by atomic mass is 127. The van der Waals surface area contributed by atoms with E-state index in [-0.39, 0.29) is 35.9 Å². The number of amides is 1. The minimum Gasteiger partial charge on any atom is -0.469 e. The van der Waals surface area contributed by atoms with E-state index in [1.807, 2.05) is 12.1 Å². The quantitative estimate of drug-likeness (QED) is 0.289. The van der Waals surface area contributed by atoms with Gasteiger partial charge < -0.3 is 24.7 Å². The molecule has 1 atom stereocenters. The highest BCUT2D eigenvalue weighted by molar-refractivity contribution is 14.0. The van der Waals surface area contributed by atoms with Crippen molar-refractivity contribution in [1.29, 1.82) is 0 Å². The molecule has 1 aliphatic carbocycles. The topological polar surface area (TPSA) is 82.3 Å². The molecule has 0 spiro atoms. The molecule has 1 unspecified atom stereocenters. The van der Waals surface area contributed by atoms with Gasteiger partial charge in [-0.2, -0.15) is 0 Å². The van der Waals surface area contributed by atoms with E-state index in [1.165, 1.54) is 12.8 Å². The number of halogens is 1. The SMILES string of the molecule is I.O=C(C1CCCC1)N1CCC(NC(=NCCN2CCOCC2)NCCc2ccco2)C1. The van der Waals surface area contributed by atoms with Crippen molar-refractivity contribution in [2.75, 3.05) is 59.0 Å². The zero-order valence-electron chi connectivity index (χ0n) is 19.0. The molecule has 1 amide bonds. The number of nitrogens with zero attached hydrogens (tertiary/aromatic N) is 3. The van der Waals surface area contributed by atoms with Crippen molar-refractivity contribution in [3.63, 3.8) is 0 Å². The van der Waals surface area contributed by atoms with E-state index in [9.17, 15) is 4.79 Å². The van der Waals surface area contributed by atoms with Crippen molar-refractivity contribution in [3.05, 3.63) is 24.2 Å². The largest absolute Gasteiger partial charge is 0.469 e. The summed E-state index contributed by atoms with van der Waals surface area (Å²) < 4.78 is 10.9. The lowest BCUT2D eigenvalue weighted by atomic mass is 10.1. The first-order valence-corrected chi connectivity index (χ1v) is 11.9. The van der Waals surface area contributed by atoms with E-state index < -0.39 is 0 Å². The molecule has 3 aliphatic rings. The van der Waals surface area contributed by atoms with Crippen molar-refractivity contribution >= 4 is 35.8 Å². The van der Waals surface area contributed by atoms with Crippen molar-refractivity contribution < 1.29 is 13.9 Å². The first-order chi connectivity index (χ1) is 15.3. The van der Waals surface area contributed by atoms with Gasteiger partial charge in [-0.05, 0) is 31.4 Å². The van der Waals surface area contributed by atoms with Gasteiger partial charge in [0.2, 0.25) is 5.91 Å². The van der Waals surface area contributed by atoms with Crippen LogP contribution < -0.4 is 10.6 Å². The summed E-state index contributed by atoms with van der Waals surface area (Å²) in [5.41, 5.74) is 0. The summed E-state index contributed by atoms with van der Waals surface area (Å²) in [5, 5.41) is 7.03. The second-order valence-electron chi connectivity index (χ2n) is 8.84. The van der Waals surface area contributed by atoms with Gasteiger partial charge in [0.15, 0.2) is 5.96 Å².